The molecule has 2 nitrogen and oxygen atoms in total. The van der Waals surface area contributed by atoms with E-state index in [1.165, 1.54) is 0 Å². The van der Waals surface area contributed by atoms with E-state index >= 15 is 0 Å². The molecule has 1 unspecified atom stereocenters. The van der Waals surface area contributed by atoms with Crippen LogP contribution < -0.4 is 5.32 Å². The molecule has 1 aromatic carbocycles. The summed E-state index contributed by atoms with van der Waals surface area (Å²) in [6.45, 7) is 2.01. The topological polar surface area (TPSA) is 25.2 Å². The molecular weight excluding hydrogens is 233 g/mol. The number of halogens is 2. The van der Waals surface area contributed by atoms with Crippen LogP contribution in [0.3, 0.4) is 0 Å². The summed E-state index contributed by atoms with van der Waals surface area (Å²) in [6.07, 6.45) is 0. The highest BCUT2D eigenvalue weighted by Gasteiger charge is 2.13. The highest BCUT2D eigenvalue weighted by Crippen LogP contribution is 2.33. The third-order valence-corrected chi connectivity index (χ3v) is 3.09. The van der Waals surface area contributed by atoms with Gasteiger partial charge in [0.15, 0.2) is 5.58 Å². The fraction of sp³-hybridized carbons (Fsp3) is 0.273. The van der Waals surface area contributed by atoms with Gasteiger partial charge in [0.2, 0.25) is 0 Å². The van der Waals surface area contributed by atoms with Crippen LogP contribution >= 0.6 is 23.2 Å². The van der Waals surface area contributed by atoms with Crippen LogP contribution in [0.25, 0.3) is 11.0 Å². The molecule has 0 fully saturated rings. The van der Waals surface area contributed by atoms with Crippen molar-refractivity contribution in [2.24, 2.45) is 0 Å². The van der Waals surface area contributed by atoms with Gasteiger partial charge in [0.1, 0.15) is 5.76 Å². The summed E-state index contributed by atoms with van der Waals surface area (Å²) in [7, 11) is 1.88. The third kappa shape index (κ3) is 1.85. The van der Waals surface area contributed by atoms with Gasteiger partial charge in [0.25, 0.3) is 0 Å². The maximum atomic E-state index is 6.05. The summed E-state index contributed by atoms with van der Waals surface area (Å²) in [5.74, 6) is 0.836. The molecule has 1 aromatic heterocycles. The van der Waals surface area contributed by atoms with Crippen LogP contribution in [0.2, 0.25) is 10.0 Å². The monoisotopic (exact) mass is 243 g/mol. The number of fused-ring (bicyclic) bond motifs is 1. The molecule has 0 aliphatic rings. The van der Waals surface area contributed by atoms with Crippen LogP contribution in [0.5, 0.6) is 0 Å². The second-order valence-electron chi connectivity index (χ2n) is 3.43. The van der Waals surface area contributed by atoms with E-state index in [0.29, 0.717) is 15.6 Å². The molecule has 1 atom stereocenters. The zero-order valence-corrected chi connectivity index (χ0v) is 9.99. The van der Waals surface area contributed by atoms with Crippen molar-refractivity contribution in [3.05, 3.63) is 34.0 Å². The van der Waals surface area contributed by atoms with Crippen LogP contribution in [0.15, 0.2) is 22.6 Å². The lowest BCUT2D eigenvalue weighted by Gasteiger charge is -2.04. The second kappa shape index (κ2) is 4.05. The van der Waals surface area contributed by atoms with E-state index in [9.17, 15) is 0 Å². The van der Waals surface area contributed by atoms with Gasteiger partial charge < -0.3 is 9.73 Å². The lowest BCUT2D eigenvalue weighted by atomic mass is 10.2. The predicted molar refractivity (Wildman–Crippen MR) is 63.7 cm³/mol. The second-order valence-corrected chi connectivity index (χ2v) is 4.25. The maximum absolute atomic E-state index is 6.05. The van der Waals surface area contributed by atoms with E-state index in [2.05, 4.69) is 5.32 Å². The average molecular weight is 244 g/mol. The van der Waals surface area contributed by atoms with Crippen LogP contribution in [0.1, 0.15) is 18.7 Å². The number of hydrogen-bond acceptors (Lipinski definition) is 2. The SMILES string of the molecule is CNC(C)c1cc2c(Cl)ccc(Cl)c2o1. The van der Waals surface area contributed by atoms with Gasteiger partial charge in [0, 0.05) is 5.39 Å². The van der Waals surface area contributed by atoms with Crippen LogP contribution in [-0.2, 0) is 0 Å². The highest BCUT2D eigenvalue weighted by molar-refractivity contribution is 6.39. The van der Waals surface area contributed by atoms with Gasteiger partial charge in [-0.1, -0.05) is 23.2 Å². The minimum absolute atomic E-state index is 0.143. The molecule has 0 aliphatic carbocycles. The Bertz CT molecular complexity index is 454. The summed E-state index contributed by atoms with van der Waals surface area (Å²) >= 11 is 12.1. The van der Waals surface area contributed by atoms with E-state index in [1.807, 2.05) is 20.0 Å². The van der Waals surface area contributed by atoms with E-state index in [4.69, 9.17) is 27.6 Å². The van der Waals surface area contributed by atoms with Gasteiger partial charge in [-0.15, -0.1) is 0 Å². The van der Waals surface area contributed by atoms with Crippen molar-refractivity contribution in [3.63, 3.8) is 0 Å². The van der Waals surface area contributed by atoms with Gasteiger partial charge in [-0.05, 0) is 32.2 Å². The van der Waals surface area contributed by atoms with E-state index in [0.717, 1.165) is 11.1 Å². The molecule has 0 radical (unpaired) electrons. The van der Waals surface area contributed by atoms with Crippen molar-refractivity contribution in [1.29, 1.82) is 0 Å². The Morgan fingerprint density at radius 1 is 1.27 bits per heavy atom. The Balaban J connectivity index is 2.64. The largest absolute Gasteiger partial charge is 0.458 e. The summed E-state index contributed by atoms with van der Waals surface area (Å²) in [4.78, 5) is 0. The molecule has 1 N–H and O–H groups in total. The first-order chi connectivity index (χ1) is 7.13. The molecule has 15 heavy (non-hydrogen) atoms. The van der Waals surface area contributed by atoms with Crippen LogP contribution in [-0.4, -0.2) is 7.05 Å². The molecule has 2 rings (SSSR count). The van der Waals surface area contributed by atoms with Gasteiger partial charge in [-0.3, -0.25) is 0 Å². The first-order valence-corrected chi connectivity index (χ1v) is 5.43. The van der Waals surface area contributed by atoms with Crippen LogP contribution in [0.4, 0.5) is 0 Å². The zero-order chi connectivity index (χ0) is 11.0. The zero-order valence-electron chi connectivity index (χ0n) is 8.47. The standard InChI is InChI=1S/C11H11Cl2NO/c1-6(14-2)10-5-7-8(12)3-4-9(13)11(7)15-10/h3-6,14H,1-2H3. The predicted octanol–water partition coefficient (Wildman–Crippen LogP) is 4.02. The van der Waals surface area contributed by atoms with Gasteiger partial charge >= 0.3 is 0 Å². The number of benzene rings is 1. The Morgan fingerprint density at radius 3 is 2.53 bits per heavy atom. The molecule has 0 saturated carbocycles. The van der Waals surface area contributed by atoms with Crippen molar-refractivity contribution < 1.29 is 4.42 Å². The number of hydrogen-bond donors (Lipinski definition) is 1. The molecule has 0 bridgehead atoms. The van der Waals surface area contributed by atoms with Crippen molar-refractivity contribution >= 4 is 34.2 Å². The van der Waals surface area contributed by atoms with Gasteiger partial charge in [0.05, 0.1) is 16.1 Å². The minimum atomic E-state index is 0.143. The van der Waals surface area contributed by atoms with Gasteiger partial charge in [-0.2, -0.15) is 0 Å². The molecule has 0 amide bonds. The van der Waals surface area contributed by atoms with Crippen molar-refractivity contribution in [2.45, 2.75) is 13.0 Å². The maximum Gasteiger partial charge on any atom is 0.154 e. The van der Waals surface area contributed by atoms with Gasteiger partial charge in [-0.25, -0.2) is 0 Å². The Hall–Kier alpha value is -0.700. The summed E-state index contributed by atoms with van der Waals surface area (Å²) in [6, 6.07) is 5.58. The normalized spacial score (nSPS) is 13.3. The summed E-state index contributed by atoms with van der Waals surface area (Å²) < 4.78 is 5.65. The molecule has 0 spiro atoms. The van der Waals surface area contributed by atoms with Crippen molar-refractivity contribution in [2.75, 3.05) is 7.05 Å². The van der Waals surface area contributed by atoms with Crippen molar-refractivity contribution in [3.8, 4) is 0 Å². The number of nitrogens with one attached hydrogen (secondary N) is 1. The van der Waals surface area contributed by atoms with E-state index in [1.54, 1.807) is 12.1 Å². The number of furan rings is 1. The lowest BCUT2D eigenvalue weighted by Crippen LogP contribution is -2.10. The fourth-order valence-electron chi connectivity index (χ4n) is 1.43. The molecule has 2 aromatic rings. The minimum Gasteiger partial charge on any atom is -0.458 e. The molecular formula is C11H11Cl2NO. The Morgan fingerprint density at radius 2 is 1.93 bits per heavy atom. The average Bonchev–Trinajstić information content (AvgIpc) is 2.68. The van der Waals surface area contributed by atoms with Crippen molar-refractivity contribution in [1.82, 2.24) is 5.32 Å². The quantitative estimate of drug-likeness (QED) is 0.862. The fourth-order valence-corrected chi connectivity index (χ4v) is 1.84. The van der Waals surface area contributed by atoms with Crippen LogP contribution in [0, 0.1) is 0 Å². The Labute approximate surface area is 98.2 Å². The summed E-state index contributed by atoms with van der Waals surface area (Å²) in [5.41, 5.74) is 0.654. The smallest absolute Gasteiger partial charge is 0.154 e. The molecule has 80 valence electrons. The number of rotatable bonds is 2. The van der Waals surface area contributed by atoms with E-state index < -0.39 is 0 Å². The molecule has 0 aliphatic heterocycles. The molecule has 0 saturated heterocycles. The Kier molecular flexibility index (Phi) is 2.91. The molecule has 1 heterocycles. The third-order valence-electron chi connectivity index (χ3n) is 2.46. The first kappa shape index (κ1) is 10.8. The lowest BCUT2D eigenvalue weighted by molar-refractivity contribution is 0.475. The molecule has 4 heteroatoms. The highest BCUT2D eigenvalue weighted by atomic mass is 35.5. The summed E-state index contributed by atoms with van der Waals surface area (Å²) in [5, 5.41) is 5.21. The first-order valence-electron chi connectivity index (χ1n) is 4.68. The van der Waals surface area contributed by atoms with E-state index in [-0.39, 0.29) is 6.04 Å².